The van der Waals surface area contributed by atoms with Crippen molar-refractivity contribution in [3.63, 3.8) is 0 Å². The van der Waals surface area contributed by atoms with Gasteiger partial charge in [-0.3, -0.25) is 4.79 Å². The first-order chi connectivity index (χ1) is 17.8. The van der Waals surface area contributed by atoms with E-state index in [1.54, 1.807) is 0 Å². The van der Waals surface area contributed by atoms with Crippen molar-refractivity contribution in [3.05, 3.63) is 23.3 Å². The van der Waals surface area contributed by atoms with E-state index < -0.39 is 17.5 Å². The van der Waals surface area contributed by atoms with Crippen molar-refractivity contribution >= 4 is 5.97 Å². The standard InChI is InChI=1S/C35H64O3/c1-8-9-10-11-12-13-14-15-16-17-18-19-20-21-22-23-24-29(32(36)37)26-35(38)27-30(33(2,3)4)25-31(28-35)34(5,6)7/h25,27,29,38H,8-24,26,28H2,1-7H3,(H,36,37). The van der Waals surface area contributed by atoms with Gasteiger partial charge in [-0.2, -0.15) is 0 Å². The molecule has 0 bridgehead atoms. The Labute approximate surface area is 237 Å². The summed E-state index contributed by atoms with van der Waals surface area (Å²) in [4.78, 5) is 12.1. The molecule has 0 spiro atoms. The van der Waals surface area contributed by atoms with E-state index in [1.807, 2.05) is 6.08 Å². The van der Waals surface area contributed by atoms with Gasteiger partial charge in [-0.15, -0.1) is 0 Å². The van der Waals surface area contributed by atoms with Crippen LogP contribution in [0.4, 0.5) is 0 Å². The summed E-state index contributed by atoms with van der Waals surface area (Å²) in [6.45, 7) is 15.3. The van der Waals surface area contributed by atoms with Crippen molar-refractivity contribution < 1.29 is 15.0 Å². The van der Waals surface area contributed by atoms with Crippen molar-refractivity contribution in [3.8, 4) is 0 Å². The van der Waals surface area contributed by atoms with E-state index in [2.05, 4.69) is 54.5 Å². The van der Waals surface area contributed by atoms with Gasteiger partial charge in [-0.1, -0.05) is 163 Å². The highest BCUT2D eigenvalue weighted by atomic mass is 16.4. The minimum atomic E-state index is -1.09. The van der Waals surface area contributed by atoms with Crippen LogP contribution in [0.2, 0.25) is 0 Å². The quantitative estimate of drug-likeness (QED) is 0.153. The summed E-state index contributed by atoms with van der Waals surface area (Å²) in [6, 6.07) is 0. The van der Waals surface area contributed by atoms with Crippen LogP contribution in [0.5, 0.6) is 0 Å². The van der Waals surface area contributed by atoms with Gasteiger partial charge < -0.3 is 10.2 Å². The molecule has 3 heteroatoms. The Kier molecular flexibility index (Phi) is 16.2. The van der Waals surface area contributed by atoms with Crippen LogP contribution in [0, 0.1) is 16.7 Å². The molecule has 3 nitrogen and oxygen atoms in total. The molecule has 2 atom stereocenters. The summed E-state index contributed by atoms with van der Waals surface area (Å²) in [5.41, 5.74) is 1.10. The number of hydrogen-bond acceptors (Lipinski definition) is 2. The summed E-state index contributed by atoms with van der Waals surface area (Å²) in [5, 5.41) is 21.6. The number of allylic oxidation sites excluding steroid dienone is 2. The first kappa shape index (κ1) is 34.9. The van der Waals surface area contributed by atoms with E-state index in [0.29, 0.717) is 19.3 Å². The highest BCUT2D eigenvalue weighted by Crippen LogP contribution is 2.44. The minimum Gasteiger partial charge on any atom is -0.481 e. The highest BCUT2D eigenvalue weighted by molar-refractivity contribution is 5.70. The van der Waals surface area contributed by atoms with Crippen LogP contribution in [0.15, 0.2) is 23.3 Å². The molecule has 0 radical (unpaired) electrons. The summed E-state index contributed by atoms with van der Waals surface area (Å²) >= 11 is 0. The molecule has 2 unspecified atom stereocenters. The fourth-order valence-corrected chi connectivity index (χ4v) is 5.67. The molecule has 0 aliphatic heterocycles. The number of carbonyl (C=O) groups is 1. The molecular weight excluding hydrogens is 468 g/mol. The van der Waals surface area contributed by atoms with E-state index in [9.17, 15) is 15.0 Å². The molecule has 1 aliphatic carbocycles. The van der Waals surface area contributed by atoms with Crippen LogP contribution in [0.3, 0.4) is 0 Å². The van der Waals surface area contributed by atoms with Crippen LogP contribution < -0.4 is 0 Å². The predicted octanol–water partition coefficient (Wildman–Crippen LogP) is 10.8. The molecule has 0 fully saturated rings. The van der Waals surface area contributed by atoms with Crippen molar-refractivity contribution in [2.45, 2.75) is 176 Å². The molecule has 1 aliphatic rings. The topological polar surface area (TPSA) is 57.5 Å². The molecule has 0 aromatic carbocycles. The maximum atomic E-state index is 12.1. The third-order valence-electron chi connectivity index (χ3n) is 8.44. The molecule has 0 saturated carbocycles. The van der Waals surface area contributed by atoms with Gasteiger partial charge in [-0.05, 0) is 35.3 Å². The largest absolute Gasteiger partial charge is 0.481 e. The summed E-state index contributed by atoms with van der Waals surface area (Å²) < 4.78 is 0. The maximum absolute atomic E-state index is 12.1. The molecule has 0 aromatic rings. The second-order valence-electron chi connectivity index (χ2n) is 14.4. The molecule has 1 rings (SSSR count). The number of aliphatic hydroxyl groups is 1. The Bertz CT molecular complexity index is 718. The first-order valence-corrected chi connectivity index (χ1v) is 16.2. The summed E-state index contributed by atoms with van der Waals surface area (Å²) in [5.74, 6) is -1.26. The number of carboxylic acids is 1. The van der Waals surface area contributed by atoms with Crippen molar-refractivity contribution in [1.82, 2.24) is 0 Å². The van der Waals surface area contributed by atoms with Crippen LogP contribution in [0.1, 0.15) is 170 Å². The number of unbranched alkanes of at least 4 members (excludes halogenated alkanes) is 15. The maximum Gasteiger partial charge on any atom is 0.306 e. The van der Waals surface area contributed by atoms with Gasteiger partial charge in [0.25, 0.3) is 0 Å². The van der Waals surface area contributed by atoms with Crippen molar-refractivity contribution in [2.24, 2.45) is 16.7 Å². The number of rotatable bonds is 20. The predicted molar refractivity (Wildman–Crippen MR) is 165 cm³/mol. The Morgan fingerprint density at radius 2 is 1.18 bits per heavy atom. The van der Waals surface area contributed by atoms with Crippen LogP contribution in [0.25, 0.3) is 0 Å². The zero-order valence-corrected chi connectivity index (χ0v) is 26.5. The number of hydrogen-bond donors (Lipinski definition) is 2. The Hall–Kier alpha value is -1.09. The van der Waals surface area contributed by atoms with Gasteiger partial charge in [0.2, 0.25) is 0 Å². The van der Waals surface area contributed by atoms with Crippen LogP contribution >= 0.6 is 0 Å². The summed E-state index contributed by atoms with van der Waals surface area (Å²) in [6.07, 6.45) is 26.8. The van der Waals surface area contributed by atoms with E-state index in [0.717, 1.165) is 18.4 Å². The fourth-order valence-electron chi connectivity index (χ4n) is 5.67. The fraction of sp³-hybridized carbons (Fsp3) is 0.857. The Morgan fingerprint density at radius 3 is 1.55 bits per heavy atom. The van der Waals surface area contributed by atoms with Crippen molar-refractivity contribution in [1.29, 1.82) is 0 Å². The smallest absolute Gasteiger partial charge is 0.306 e. The van der Waals surface area contributed by atoms with Gasteiger partial charge in [0, 0.05) is 6.42 Å². The molecule has 0 heterocycles. The minimum absolute atomic E-state index is 0.0503. The normalized spacial score (nSPS) is 19.3. The Balaban J connectivity index is 2.31. The van der Waals surface area contributed by atoms with Gasteiger partial charge in [0.1, 0.15) is 0 Å². The van der Waals surface area contributed by atoms with E-state index in [-0.39, 0.29) is 10.8 Å². The zero-order chi connectivity index (χ0) is 28.7. The van der Waals surface area contributed by atoms with Crippen LogP contribution in [-0.4, -0.2) is 21.8 Å². The monoisotopic (exact) mass is 532 g/mol. The number of carboxylic acid groups (broad SMARTS) is 1. The third kappa shape index (κ3) is 14.9. The molecule has 0 saturated heterocycles. The highest BCUT2D eigenvalue weighted by Gasteiger charge is 2.38. The lowest BCUT2D eigenvalue weighted by atomic mass is 9.69. The van der Waals surface area contributed by atoms with Gasteiger partial charge in [-0.25, -0.2) is 0 Å². The molecular formula is C35H64O3. The lowest BCUT2D eigenvalue weighted by Gasteiger charge is -2.39. The second-order valence-corrected chi connectivity index (χ2v) is 14.4. The average Bonchev–Trinajstić information content (AvgIpc) is 2.81. The van der Waals surface area contributed by atoms with Crippen molar-refractivity contribution in [2.75, 3.05) is 0 Å². The van der Waals surface area contributed by atoms with E-state index in [4.69, 9.17) is 0 Å². The summed E-state index contributed by atoms with van der Waals surface area (Å²) in [7, 11) is 0. The van der Waals surface area contributed by atoms with E-state index >= 15 is 0 Å². The molecule has 0 aromatic heterocycles. The van der Waals surface area contributed by atoms with Gasteiger partial charge in [0.05, 0.1) is 11.5 Å². The lowest BCUT2D eigenvalue weighted by molar-refractivity contribution is -0.144. The number of aliphatic carboxylic acids is 1. The van der Waals surface area contributed by atoms with Gasteiger partial charge >= 0.3 is 5.97 Å². The SMILES string of the molecule is CCCCCCCCCCCCCCCCCCC(CC1(O)C=C(C(C)(C)C)C=C(C(C)(C)C)C1)C(=O)O. The van der Waals surface area contributed by atoms with Gasteiger partial charge in [0.15, 0.2) is 0 Å². The first-order valence-electron chi connectivity index (χ1n) is 16.2. The molecule has 38 heavy (non-hydrogen) atoms. The average molecular weight is 533 g/mol. The Morgan fingerprint density at radius 1 is 0.763 bits per heavy atom. The molecule has 2 N–H and O–H groups in total. The zero-order valence-electron chi connectivity index (χ0n) is 26.5. The lowest BCUT2D eigenvalue weighted by Crippen LogP contribution is -2.37. The third-order valence-corrected chi connectivity index (χ3v) is 8.44. The van der Waals surface area contributed by atoms with Crippen LogP contribution in [-0.2, 0) is 4.79 Å². The second kappa shape index (κ2) is 17.6. The molecule has 0 amide bonds. The molecule has 222 valence electrons. The van der Waals surface area contributed by atoms with E-state index in [1.165, 1.54) is 95.5 Å².